The Morgan fingerprint density at radius 1 is 1.00 bits per heavy atom. The minimum absolute atomic E-state index is 0.449. The highest BCUT2D eigenvalue weighted by atomic mass is 80.0. The van der Waals surface area contributed by atoms with Gasteiger partial charge in [-0.2, -0.15) is 0 Å². The largest absolute Gasteiger partial charge is 0.494 e. The molecular weight excluding hydrogens is 516 g/mol. The fraction of sp³-hybridized carbons (Fsp3) is 0.667. The monoisotopic (exact) mass is 540 g/mol. The Labute approximate surface area is 170 Å². The van der Waals surface area contributed by atoms with Gasteiger partial charge in [0.25, 0.3) is 3.93 Å². The maximum Gasteiger partial charge on any atom is 0.267 e. The summed E-state index contributed by atoms with van der Waals surface area (Å²) >= 11 is 11.0. The van der Waals surface area contributed by atoms with Crippen molar-refractivity contribution >= 4 is 49.8 Å². The van der Waals surface area contributed by atoms with Gasteiger partial charge in [0.2, 0.25) is 0 Å². The number of hydrogen-bond acceptors (Lipinski definition) is 2. The number of ether oxygens (including phenoxy) is 2. The van der Waals surface area contributed by atoms with Crippen LogP contribution in [0.25, 0.3) is 0 Å². The highest BCUT2D eigenvalue weighted by molar-refractivity contribution is 9.72. The molecule has 24 heavy (non-hydrogen) atoms. The van der Waals surface area contributed by atoms with E-state index in [2.05, 4.69) is 77.1 Å². The summed E-state index contributed by atoms with van der Waals surface area (Å²) in [5.74, 6) is 1.67. The summed E-state index contributed by atoms with van der Waals surface area (Å²) in [6.45, 7) is 3.80. The van der Waals surface area contributed by atoms with Crippen molar-refractivity contribution in [2.75, 3.05) is 13.2 Å². The van der Waals surface area contributed by atoms with Crippen LogP contribution in [0.3, 0.4) is 0 Å². The first-order chi connectivity index (χ1) is 11.5. The van der Waals surface area contributed by atoms with Crippen molar-refractivity contribution in [3.05, 3.63) is 29.8 Å². The average molecular weight is 543 g/mol. The van der Waals surface area contributed by atoms with Crippen molar-refractivity contribution in [1.29, 1.82) is 0 Å². The van der Waals surface area contributed by atoms with Crippen LogP contribution in [-0.2, 0) is 4.74 Å². The van der Waals surface area contributed by atoms with Gasteiger partial charge in [-0.1, -0.05) is 64.9 Å². The van der Waals surface area contributed by atoms with Crippen LogP contribution in [0.5, 0.6) is 5.75 Å². The first-order valence-electron chi connectivity index (χ1n) is 8.89. The lowest BCUT2D eigenvalue weighted by molar-refractivity contribution is 0.0251. The van der Waals surface area contributed by atoms with Crippen LogP contribution in [-0.4, -0.2) is 23.2 Å². The fourth-order valence-corrected chi connectivity index (χ4v) is 6.21. The topological polar surface area (TPSA) is 18.5 Å². The molecule has 0 atom stereocenters. The summed E-state index contributed by atoms with van der Waals surface area (Å²) in [6.07, 6.45) is 7.42. The lowest BCUT2D eigenvalue weighted by Gasteiger charge is -2.29. The van der Waals surface area contributed by atoms with Gasteiger partial charge >= 0.3 is 0 Å². The van der Waals surface area contributed by atoms with E-state index in [1.54, 1.807) is 0 Å². The maximum absolute atomic E-state index is 6.07. The van der Waals surface area contributed by atoms with Crippen molar-refractivity contribution in [3.8, 4) is 5.75 Å². The molecule has 136 valence electrons. The second-order valence-electron chi connectivity index (χ2n) is 6.48. The van der Waals surface area contributed by atoms with E-state index in [4.69, 9.17) is 9.47 Å². The number of hydrogen-bond donors (Lipinski definition) is 0. The molecule has 2 nitrogen and oxygen atoms in total. The molecule has 1 aliphatic carbocycles. The summed E-state index contributed by atoms with van der Waals surface area (Å²) in [5, 5.41) is 0. The van der Waals surface area contributed by atoms with E-state index in [0.29, 0.717) is 12.0 Å². The fourth-order valence-electron chi connectivity index (χ4n) is 3.14. The van der Waals surface area contributed by atoms with Gasteiger partial charge in [0.1, 0.15) is 5.75 Å². The van der Waals surface area contributed by atoms with Gasteiger partial charge in [-0.25, -0.2) is 0 Å². The molecule has 1 saturated carbocycles. The van der Waals surface area contributed by atoms with Gasteiger partial charge in [0.05, 0.1) is 12.7 Å². The number of rotatable bonds is 9. The van der Waals surface area contributed by atoms with Gasteiger partial charge in [0, 0.05) is 6.61 Å². The average Bonchev–Trinajstić information content (AvgIpc) is 2.57. The molecule has 0 aromatic heterocycles. The normalized spacial score (nSPS) is 21.7. The summed E-state index contributed by atoms with van der Waals surface area (Å²) in [4.78, 5) is 0. The van der Waals surface area contributed by atoms with Crippen LogP contribution < -0.4 is 4.74 Å². The lowest BCUT2D eigenvalue weighted by Crippen LogP contribution is -2.21. The summed E-state index contributed by atoms with van der Waals surface area (Å²) in [5.41, 5.74) is 1.45. The Balaban J connectivity index is 1.68. The smallest absolute Gasteiger partial charge is 0.267 e. The Morgan fingerprint density at radius 3 is 2.25 bits per heavy atom. The molecule has 0 radical (unpaired) electrons. The van der Waals surface area contributed by atoms with Crippen LogP contribution in [0.15, 0.2) is 24.3 Å². The standard InChI is InChI=1S/C18H27Br3O2Si/c1-2-12-22-17-8-4-15(5-9-17)16-6-10-18(11-7-16)23-13-3-14-24(19,20)21/h4-5,8-9,16,18H,2-3,6-7,10-14H2,1H3/t16-,18-. The second kappa shape index (κ2) is 10.7. The molecule has 1 aromatic rings. The van der Waals surface area contributed by atoms with Crippen molar-refractivity contribution in [1.82, 2.24) is 0 Å². The lowest BCUT2D eigenvalue weighted by atomic mass is 9.83. The highest BCUT2D eigenvalue weighted by Crippen LogP contribution is 2.36. The van der Waals surface area contributed by atoms with Gasteiger partial charge in [-0.05, 0) is 68.2 Å². The van der Waals surface area contributed by atoms with Crippen LogP contribution in [0, 0.1) is 0 Å². The Morgan fingerprint density at radius 2 is 1.67 bits per heavy atom. The molecular formula is C18H27Br3O2Si. The van der Waals surface area contributed by atoms with Gasteiger partial charge in [-0.3, -0.25) is 0 Å². The van der Waals surface area contributed by atoms with Crippen LogP contribution in [0.2, 0.25) is 6.04 Å². The molecule has 2 rings (SSSR count). The van der Waals surface area contributed by atoms with Gasteiger partial charge in [-0.15, -0.1) is 0 Å². The van der Waals surface area contributed by atoms with E-state index in [9.17, 15) is 0 Å². The Bertz CT molecular complexity index is 468. The van der Waals surface area contributed by atoms with E-state index >= 15 is 0 Å². The molecule has 0 N–H and O–H groups in total. The van der Waals surface area contributed by atoms with Crippen molar-refractivity contribution in [2.45, 2.75) is 63.5 Å². The van der Waals surface area contributed by atoms with Crippen molar-refractivity contribution in [3.63, 3.8) is 0 Å². The van der Waals surface area contributed by atoms with Gasteiger partial charge in [0.15, 0.2) is 0 Å². The van der Waals surface area contributed by atoms with Crippen LogP contribution >= 0.6 is 45.9 Å². The molecule has 0 bridgehead atoms. The quantitative estimate of drug-likeness (QED) is 0.189. The Kier molecular flexibility index (Phi) is 9.34. The zero-order valence-corrected chi connectivity index (χ0v) is 20.0. The molecule has 0 spiro atoms. The molecule has 1 aliphatic rings. The maximum atomic E-state index is 6.07. The summed E-state index contributed by atoms with van der Waals surface area (Å²) in [7, 11) is 0. The zero-order valence-electron chi connectivity index (χ0n) is 14.3. The zero-order chi connectivity index (χ0) is 17.4. The van der Waals surface area contributed by atoms with E-state index in [-0.39, 0.29) is 0 Å². The summed E-state index contributed by atoms with van der Waals surface area (Å²) < 4.78 is 10.3. The molecule has 0 heterocycles. The molecule has 0 aliphatic heterocycles. The molecule has 1 aromatic carbocycles. The van der Waals surface area contributed by atoms with E-state index in [1.807, 2.05) is 0 Å². The molecule has 1 fully saturated rings. The molecule has 6 heteroatoms. The predicted octanol–water partition coefficient (Wildman–Crippen LogP) is 7.03. The molecule has 0 unspecified atom stereocenters. The van der Waals surface area contributed by atoms with Crippen molar-refractivity contribution in [2.24, 2.45) is 0 Å². The minimum atomic E-state index is -1.47. The highest BCUT2D eigenvalue weighted by Gasteiger charge is 2.24. The minimum Gasteiger partial charge on any atom is -0.494 e. The SMILES string of the molecule is CCCOc1ccc([C@H]2CC[C@H](OCCC[Si](Br)(Br)Br)CC2)cc1. The van der Waals surface area contributed by atoms with E-state index < -0.39 is 3.93 Å². The molecule has 0 amide bonds. The number of benzene rings is 1. The third-order valence-electron chi connectivity index (χ3n) is 4.46. The van der Waals surface area contributed by atoms with Crippen molar-refractivity contribution < 1.29 is 9.47 Å². The Hall–Kier alpha value is 0.637. The third kappa shape index (κ3) is 7.90. The summed E-state index contributed by atoms with van der Waals surface area (Å²) in [6, 6.07) is 9.84. The first-order valence-corrected chi connectivity index (χ1v) is 17.9. The third-order valence-corrected chi connectivity index (χ3v) is 8.95. The predicted molar refractivity (Wildman–Crippen MR) is 115 cm³/mol. The second-order valence-corrected chi connectivity index (χ2v) is 30.0. The molecule has 0 saturated heterocycles. The first kappa shape index (κ1) is 20.9. The van der Waals surface area contributed by atoms with Crippen LogP contribution in [0.4, 0.5) is 0 Å². The number of halogens is 3. The van der Waals surface area contributed by atoms with Gasteiger partial charge < -0.3 is 9.47 Å². The van der Waals surface area contributed by atoms with E-state index in [1.165, 1.54) is 31.2 Å². The van der Waals surface area contributed by atoms with E-state index in [0.717, 1.165) is 37.8 Å². The van der Waals surface area contributed by atoms with Crippen LogP contribution in [0.1, 0.15) is 56.9 Å².